The molecule has 0 atom stereocenters. The maximum Gasteiger partial charge on any atom is 0.287 e. The lowest BCUT2D eigenvalue weighted by atomic mass is 10.1. The van der Waals surface area contributed by atoms with Crippen LogP contribution < -0.4 is 25.1 Å². The van der Waals surface area contributed by atoms with Gasteiger partial charge < -0.3 is 19.7 Å². The van der Waals surface area contributed by atoms with Gasteiger partial charge >= 0.3 is 0 Å². The highest BCUT2D eigenvalue weighted by atomic mass is 16.5. The number of benzene rings is 3. The zero-order chi connectivity index (χ0) is 26.1. The highest BCUT2D eigenvalue weighted by Crippen LogP contribution is 2.27. The fourth-order valence-electron chi connectivity index (χ4n) is 3.30. The molecule has 0 saturated heterocycles. The van der Waals surface area contributed by atoms with Crippen LogP contribution >= 0.6 is 0 Å². The van der Waals surface area contributed by atoms with Gasteiger partial charge in [-0.1, -0.05) is 30.3 Å². The SMILES string of the molecule is COc1ccc(/C(C)=N/NC(=O)/C(=C/c2ccc(N(C)C)cc2)NC(=O)c2ccccc2)cc1OC. The van der Waals surface area contributed by atoms with Crippen molar-refractivity contribution in [2.45, 2.75) is 6.92 Å². The van der Waals surface area contributed by atoms with Crippen molar-refractivity contribution in [2.75, 3.05) is 33.2 Å². The zero-order valence-electron chi connectivity index (χ0n) is 21.0. The first kappa shape index (κ1) is 26.0. The highest BCUT2D eigenvalue weighted by Gasteiger charge is 2.15. The Kier molecular flexibility index (Phi) is 8.83. The lowest BCUT2D eigenvalue weighted by Gasteiger charge is -2.13. The van der Waals surface area contributed by atoms with E-state index in [0.29, 0.717) is 22.8 Å². The molecule has 0 aliphatic rings. The summed E-state index contributed by atoms with van der Waals surface area (Å²) in [5.41, 5.74) is 6.09. The Morgan fingerprint density at radius 3 is 2.14 bits per heavy atom. The molecule has 2 amide bonds. The number of nitrogens with one attached hydrogen (secondary N) is 2. The molecule has 0 unspecified atom stereocenters. The van der Waals surface area contributed by atoms with Crippen LogP contribution in [0.1, 0.15) is 28.4 Å². The molecule has 0 aliphatic heterocycles. The van der Waals surface area contributed by atoms with Gasteiger partial charge in [0.1, 0.15) is 5.70 Å². The van der Waals surface area contributed by atoms with Crippen molar-refractivity contribution in [1.82, 2.24) is 10.7 Å². The highest BCUT2D eigenvalue weighted by molar-refractivity contribution is 6.06. The number of amides is 2. The summed E-state index contributed by atoms with van der Waals surface area (Å²) in [6, 6.07) is 21.6. The fraction of sp³-hybridized carbons (Fsp3) is 0.179. The summed E-state index contributed by atoms with van der Waals surface area (Å²) in [4.78, 5) is 27.9. The topological polar surface area (TPSA) is 92.3 Å². The number of nitrogens with zero attached hydrogens (tertiary/aromatic N) is 2. The Bertz CT molecular complexity index is 1270. The third-order valence-electron chi connectivity index (χ3n) is 5.38. The van der Waals surface area contributed by atoms with Crippen LogP contribution in [0, 0.1) is 0 Å². The Hall–Kier alpha value is -4.59. The van der Waals surface area contributed by atoms with Crippen molar-refractivity contribution >= 4 is 29.3 Å². The smallest absolute Gasteiger partial charge is 0.287 e. The summed E-state index contributed by atoms with van der Waals surface area (Å²) >= 11 is 0. The molecule has 0 aliphatic carbocycles. The van der Waals surface area contributed by atoms with Crippen molar-refractivity contribution in [3.63, 3.8) is 0 Å². The molecule has 3 rings (SSSR count). The van der Waals surface area contributed by atoms with Crippen molar-refractivity contribution < 1.29 is 19.1 Å². The van der Waals surface area contributed by atoms with Crippen LogP contribution in [0.5, 0.6) is 11.5 Å². The summed E-state index contributed by atoms with van der Waals surface area (Å²) in [6.07, 6.45) is 1.61. The first-order valence-electron chi connectivity index (χ1n) is 11.2. The van der Waals surface area contributed by atoms with Gasteiger partial charge in [-0.3, -0.25) is 9.59 Å². The quantitative estimate of drug-likeness (QED) is 0.270. The molecular weight excluding hydrogens is 456 g/mol. The molecule has 0 fully saturated rings. The van der Waals surface area contributed by atoms with E-state index in [1.165, 1.54) is 0 Å². The van der Waals surface area contributed by atoms with Gasteiger partial charge in [0, 0.05) is 30.9 Å². The van der Waals surface area contributed by atoms with Crippen LogP contribution in [0.15, 0.2) is 83.6 Å². The second-order valence-corrected chi connectivity index (χ2v) is 8.07. The number of carbonyl (C=O) groups excluding carboxylic acids is 2. The molecule has 186 valence electrons. The third kappa shape index (κ3) is 6.73. The maximum atomic E-state index is 13.1. The van der Waals surface area contributed by atoms with E-state index < -0.39 is 11.8 Å². The molecule has 0 radical (unpaired) electrons. The lowest BCUT2D eigenvalue weighted by molar-refractivity contribution is -0.117. The van der Waals surface area contributed by atoms with E-state index in [1.807, 2.05) is 55.4 Å². The number of hydrogen-bond donors (Lipinski definition) is 2. The van der Waals surface area contributed by atoms with Gasteiger partial charge in [0.05, 0.1) is 19.9 Å². The van der Waals surface area contributed by atoms with E-state index in [0.717, 1.165) is 16.8 Å². The third-order valence-corrected chi connectivity index (χ3v) is 5.38. The molecule has 36 heavy (non-hydrogen) atoms. The molecule has 0 bridgehead atoms. The maximum absolute atomic E-state index is 13.1. The van der Waals surface area contributed by atoms with E-state index in [2.05, 4.69) is 15.8 Å². The minimum absolute atomic E-state index is 0.0605. The second kappa shape index (κ2) is 12.2. The molecule has 8 heteroatoms. The summed E-state index contributed by atoms with van der Waals surface area (Å²) < 4.78 is 10.6. The number of hydrazone groups is 1. The van der Waals surface area contributed by atoms with Gasteiger partial charge in [-0.2, -0.15) is 5.10 Å². The molecule has 0 heterocycles. The molecule has 0 aromatic heterocycles. The van der Waals surface area contributed by atoms with Crippen LogP contribution in [-0.4, -0.2) is 45.8 Å². The van der Waals surface area contributed by atoms with Crippen LogP contribution in [0.2, 0.25) is 0 Å². The Balaban J connectivity index is 1.86. The molecule has 0 spiro atoms. The summed E-state index contributed by atoms with van der Waals surface area (Å²) in [5.74, 6) is 0.179. The number of rotatable bonds is 9. The largest absolute Gasteiger partial charge is 0.493 e. The summed E-state index contributed by atoms with van der Waals surface area (Å²) in [7, 11) is 7.00. The number of carbonyl (C=O) groups is 2. The molecule has 2 N–H and O–H groups in total. The predicted octanol–water partition coefficient (Wildman–Crippen LogP) is 4.08. The summed E-state index contributed by atoms with van der Waals surface area (Å²) in [5, 5.41) is 6.94. The minimum Gasteiger partial charge on any atom is -0.493 e. The predicted molar refractivity (Wildman–Crippen MR) is 143 cm³/mol. The first-order chi connectivity index (χ1) is 17.3. The van der Waals surface area contributed by atoms with E-state index in [1.54, 1.807) is 63.6 Å². The minimum atomic E-state index is -0.559. The summed E-state index contributed by atoms with van der Waals surface area (Å²) in [6.45, 7) is 1.76. The number of ether oxygens (including phenoxy) is 2. The Morgan fingerprint density at radius 2 is 1.53 bits per heavy atom. The average Bonchev–Trinajstić information content (AvgIpc) is 2.91. The normalized spacial score (nSPS) is 11.5. The van der Waals surface area contributed by atoms with Crippen LogP contribution in [0.4, 0.5) is 5.69 Å². The second-order valence-electron chi connectivity index (χ2n) is 8.07. The molecule has 0 saturated carbocycles. The molecular formula is C28H30N4O4. The van der Waals surface area contributed by atoms with Crippen LogP contribution in [-0.2, 0) is 4.79 Å². The Morgan fingerprint density at radius 1 is 0.861 bits per heavy atom. The fourth-order valence-corrected chi connectivity index (χ4v) is 3.30. The number of anilines is 1. The van der Waals surface area contributed by atoms with Gasteiger partial charge in [-0.25, -0.2) is 5.43 Å². The standard InChI is InChI=1S/C28H30N4O4/c1-19(22-13-16-25(35-4)26(18-22)36-5)30-31-28(34)24(29-27(33)21-9-7-6-8-10-21)17-20-11-14-23(15-12-20)32(2)3/h6-18H,1-5H3,(H,29,33)(H,31,34)/b24-17-,30-19+. The molecule has 8 nitrogen and oxygen atoms in total. The van der Waals surface area contributed by atoms with E-state index in [9.17, 15) is 9.59 Å². The van der Waals surface area contributed by atoms with Crippen molar-refractivity contribution in [1.29, 1.82) is 0 Å². The zero-order valence-corrected chi connectivity index (χ0v) is 21.0. The van der Waals surface area contributed by atoms with Crippen molar-refractivity contribution in [2.24, 2.45) is 5.10 Å². The van der Waals surface area contributed by atoms with Crippen molar-refractivity contribution in [3.8, 4) is 11.5 Å². The average molecular weight is 487 g/mol. The van der Waals surface area contributed by atoms with E-state index >= 15 is 0 Å². The van der Waals surface area contributed by atoms with Gasteiger partial charge in [0.25, 0.3) is 11.8 Å². The van der Waals surface area contributed by atoms with Crippen molar-refractivity contribution in [3.05, 3.63) is 95.2 Å². The first-order valence-corrected chi connectivity index (χ1v) is 11.2. The molecule has 3 aromatic carbocycles. The monoisotopic (exact) mass is 486 g/mol. The number of methoxy groups -OCH3 is 2. The van der Waals surface area contributed by atoms with Gasteiger partial charge in [0.15, 0.2) is 11.5 Å². The van der Waals surface area contributed by atoms with Gasteiger partial charge in [0.2, 0.25) is 0 Å². The van der Waals surface area contributed by atoms with E-state index in [-0.39, 0.29) is 5.70 Å². The Labute approximate surface area is 211 Å². The number of hydrogen-bond acceptors (Lipinski definition) is 6. The lowest BCUT2D eigenvalue weighted by Crippen LogP contribution is -2.33. The van der Waals surface area contributed by atoms with E-state index in [4.69, 9.17) is 9.47 Å². The van der Waals surface area contributed by atoms with Crippen LogP contribution in [0.3, 0.4) is 0 Å². The van der Waals surface area contributed by atoms with Gasteiger partial charge in [-0.05, 0) is 61.0 Å². The molecule has 3 aromatic rings. The van der Waals surface area contributed by atoms with Crippen LogP contribution in [0.25, 0.3) is 6.08 Å². The van der Waals surface area contributed by atoms with Gasteiger partial charge in [-0.15, -0.1) is 0 Å².